The third-order valence-corrected chi connectivity index (χ3v) is 4.51. The van der Waals surface area contributed by atoms with Crippen LogP contribution in [-0.4, -0.2) is 42.1 Å². The van der Waals surface area contributed by atoms with Crippen LogP contribution in [0.3, 0.4) is 0 Å². The number of aryl methyl sites for hydroxylation is 1. The fourth-order valence-electron chi connectivity index (χ4n) is 3.10. The maximum Gasteiger partial charge on any atom is 0.303 e. The van der Waals surface area contributed by atoms with Gasteiger partial charge in [0.05, 0.1) is 6.61 Å². The summed E-state index contributed by atoms with van der Waals surface area (Å²) in [6, 6.07) is 16.1. The number of esters is 1. The molecule has 2 aromatic carbocycles. The van der Waals surface area contributed by atoms with Crippen LogP contribution in [0.4, 0.5) is 0 Å². The predicted molar refractivity (Wildman–Crippen MR) is 98.0 cm³/mol. The topological polar surface area (TPSA) is 65.0 Å². The fraction of sp³-hybridized carbons (Fsp3) is 0.381. The Morgan fingerprint density at radius 3 is 2.27 bits per heavy atom. The van der Waals surface area contributed by atoms with Gasteiger partial charge in [0, 0.05) is 6.92 Å². The van der Waals surface area contributed by atoms with Gasteiger partial charge in [-0.2, -0.15) is 0 Å². The van der Waals surface area contributed by atoms with Crippen molar-refractivity contribution < 1.29 is 24.1 Å². The van der Waals surface area contributed by atoms with Crippen LogP contribution < -0.4 is 4.74 Å². The minimum Gasteiger partial charge on any atom is -0.488 e. The zero-order chi connectivity index (χ0) is 18.7. The standard InChI is InChI=1S/C21H24O5/c1-13-4-6-16(7-5-13)17-8-10-18(11-9-17)25-14(2)21-20(23)19(12-24-21)26-15(3)22/h4-11,14,19-21,23H,12H2,1-3H3/t14-,19-,20?,21?/m1/s1. The number of aliphatic hydroxyl groups excluding tert-OH is 1. The van der Waals surface area contributed by atoms with Crippen LogP contribution in [0, 0.1) is 6.92 Å². The SMILES string of the molecule is CC(=O)O[C@@H]1COC([C@@H](C)Oc2ccc(-c3ccc(C)cc3)cc2)C1O. The first kappa shape index (κ1) is 18.4. The second-order valence-electron chi connectivity index (χ2n) is 6.65. The maximum atomic E-state index is 11.1. The van der Waals surface area contributed by atoms with Crippen molar-refractivity contribution in [3.8, 4) is 16.9 Å². The van der Waals surface area contributed by atoms with Crippen molar-refractivity contribution in [1.82, 2.24) is 0 Å². The minimum atomic E-state index is -0.902. The van der Waals surface area contributed by atoms with E-state index in [1.54, 1.807) is 0 Å². The zero-order valence-corrected chi connectivity index (χ0v) is 15.2. The lowest BCUT2D eigenvalue weighted by atomic mass is 10.0. The lowest BCUT2D eigenvalue weighted by Gasteiger charge is -2.24. The van der Waals surface area contributed by atoms with E-state index in [2.05, 4.69) is 31.2 Å². The molecule has 1 heterocycles. The molecular formula is C21H24O5. The minimum absolute atomic E-state index is 0.172. The molecule has 2 unspecified atom stereocenters. The quantitative estimate of drug-likeness (QED) is 0.834. The van der Waals surface area contributed by atoms with E-state index in [0.29, 0.717) is 5.75 Å². The summed E-state index contributed by atoms with van der Waals surface area (Å²) in [5, 5.41) is 10.3. The van der Waals surface area contributed by atoms with Crippen molar-refractivity contribution in [1.29, 1.82) is 0 Å². The average molecular weight is 356 g/mol. The van der Waals surface area contributed by atoms with Crippen LogP contribution in [-0.2, 0) is 14.3 Å². The van der Waals surface area contributed by atoms with Gasteiger partial charge in [-0.25, -0.2) is 0 Å². The summed E-state index contributed by atoms with van der Waals surface area (Å²) in [7, 11) is 0. The summed E-state index contributed by atoms with van der Waals surface area (Å²) in [6.07, 6.45) is -2.47. The van der Waals surface area contributed by atoms with E-state index < -0.39 is 24.3 Å². The summed E-state index contributed by atoms with van der Waals surface area (Å²) in [4.78, 5) is 11.1. The van der Waals surface area contributed by atoms with Gasteiger partial charge < -0.3 is 19.3 Å². The Labute approximate surface area is 153 Å². The molecule has 1 aliphatic heterocycles. The van der Waals surface area contributed by atoms with Crippen molar-refractivity contribution in [2.24, 2.45) is 0 Å². The predicted octanol–water partition coefficient (Wildman–Crippen LogP) is 3.12. The molecule has 5 nitrogen and oxygen atoms in total. The van der Waals surface area contributed by atoms with Crippen LogP contribution in [0.15, 0.2) is 48.5 Å². The molecule has 3 rings (SSSR count). The van der Waals surface area contributed by atoms with E-state index in [0.717, 1.165) is 11.1 Å². The van der Waals surface area contributed by atoms with Crippen molar-refractivity contribution in [2.75, 3.05) is 6.61 Å². The highest BCUT2D eigenvalue weighted by Gasteiger charge is 2.42. The molecule has 1 N–H and O–H groups in total. The summed E-state index contributed by atoms with van der Waals surface area (Å²) in [5.74, 6) is 0.263. The van der Waals surface area contributed by atoms with Crippen LogP contribution in [0.1, 0.15) is 19.4 Å². The van der Waals surface area contributed by atoms with Gasteiger partial charge in [-0.05, 0) is 37.1 Å². The first-order chi connectivity index (χ1) is 12.4. The highest BCUT2D eigenvalue weighted by Crippen LogP contribution is 2.26. The normalized spacial score (nSPS) is 23.5. The summed E-state index contributed by atoms with van der Waals surface area (Å²) < 4.78 is 16.5. The largest absolute Gasteiger partial charge is 0.488 e. The van der Waals surface area contributed by atoms with E-state index in [1.165, 1.54) is 12.5 Å². The number of carbonyl (C=O) groups is 1. The van der Waals surface area contributed by atoms with Crippen molar-refractivity contribution in [3.63, 3.8) is 0 Å². The molecule has 4 atom stereocenters. The second kappa shape index (κ2) is 7.89. The van der Waals surface area contributed by atoms with Crippen LogP contribution >= 0.6 is 0 Å². The number of hydrogen-bond acceptors (Lipinski definition) is 5. The highest BCUT2D eigenvalue weighted by atomic mass is 16.6. The maximum absolute atomic E-state index is 11.1. The number of ether oxygens (including phenoxy) is 3. The highest BCUT2D eigenvalue weighted by molar-refractivity contribution is 5.66. The number of hydrogen-bond donors (Lipinski definition) is 1. The number of rotatable bonds is 5. The smallest absolute Gasteiger partial charge is 0.303 e. The number of carbonyl (C=O) groups excluding carboxylic acids is 1. The molecule has 0 amide bonds. The van der Waals surface area contributed by atoms with E-state index in [1.807, 2.05) is 31.2 Å². The molecule has 0 spiro atoms. The molecule has 2 aromatic rings. The Bertz CT molecular complexity index is 738. The Balaban J connectivity index is 1.62. The summed E-state index contributed by atoms with van der Waals surface area (Å²) in [5.41, 5.74) is 3.48. The van der Waals surface area contributed by atoms with Gasteiger partial charge in [-0.3, -0.25) is 4.79 Å². The Hall–Kier alpha value is -2.37. The van der Waals surface area contributed by atoms with Gasteiger partial charge >= 0.3 is 5.97 Å². The molecule has 0 bridgehead atoms. The molecule has 0 aromatic heterocycles. The Morgan fingerprint density at radius 1 is 1.12 bits per heavy atom. The van der Waals surface area contributed by atoms with E-state index in [-0.39, 0.29) is 12.7 Å². The molecule has 5 heteroatoms. The first-order valence-electron chi connectivity index (χ1n) is 8.74. The third-order valence-electron chi connectivity index (χ3n) is 4.51. The van der Waals surface area contributed by atoms with Gasteiger partial charge in [0.1, 0.15) is 24.1 Å². The van der Waals surface area contributed by atoms with Gasteiger partial charge in [0.15, 0.2) is 6.10 Å². The molecule has 0 aliphatic carbocycles. The first-order valence-corrected chi connectivity index (χ1v) is 8.74. The molecule has 0 saturated carbocycles. The molecule has 1 saturated heterocycles. The molecule has 138 valence electrons. The Morgan fingerprint density at radius 2 is 1.69 bits per heavy atom. The molecule has 1 fully saturated rings. The Kier molecular flexibility index (Phi) is 5.59. The zero-order valence-electron chi connectivity index (χ0n) is 15.2. The van der Waals surface area contributed by atoms with Crippen molar-refractivity contribution in [2.45, 2.75) is 45.2 Å². The van der Waals surface area contributed by atoms with Gasteiger partial charge in [-0.1, -0.05) is 42.0 Å². The lowest BCUT2D eigenvalue weighted by molar-refractivity contribution is -0.150. The molecule has 26 heavy (non-hydrogen) atoms. The van der Waals surface area contributed by atoms with E-state index in [9.17, 15) is 9.90 Å². The van der Waals surface area contributed by atoms with Crippen LogP contribution in [0.2, 0.25) is 0 Å². The summed E-state index contributed by atoms with van der Waals surface area (Å²) in [6.45, 7) is 5.38. The third kappa shape index (κ3) is 4.23. The molecule has 0 radical (unpaired) electrons. The monoisotopic (exact) mass is 356 g/mol. The van der Waals surface area contributed by atoms with E-state index in [4.69, 9.17) is 14.2 Å². The lowest BCUT2D eigenvalue weighted by Crippen LogP contribution is -2.41. The molecular weight excluding hydrogens is 332 g/mol. The molecule has 1 aliphatic rings. The van der Waals surface area contributed by atoms with Crippen molar-refractivity contribution >= 4 is 5.97 Å². The summed E-state index contributed by atoms with van der Waals surface area (Å²) >= 11 is 0. The van der Waals surface area contributed by atoms with Gasteiger partial charge in [0.25, 0.3) is 0 Å². The second-order valence-corrected chi connectivity index (χ2v) is 6.65. The van der Waals surface area contributed by atoms with Gasteiger partial charge in [-0.15, -0.1) is 0 Å². The van der Waals surface area contributed by atoms with Crippen LogP contribution in [0.5, 0.6) is 5.75 Å². The van der Waals surface area contributed by atoms with Gasteiger partial charge in [0.2, 0.25) is 0 Å². The average Bonchev–Trinajstić information content (AvgIpc) is 2.96. The fourth-order valence-corrected chi connectivity index (χ4v) is 3.10. The number of aliphatic hydroxyl groups is 1. The van der Waals surface area contributed by atoms with Crippen LogP contribution in [0.25, 0.3) is 11.1 Å². The van der Waals surface area contributed by atoms with E-state index >= 15 is 0 Å². The number of benzene rings is 2. The van der Waals surface area contributed by atoms with Crippen molar-refractivity contribution in [3.05, 3.63) is 54.1 Å².